The van der Waals surface area contributed by atoms with E-state index in [1.807, 2.05) is 0 Å². The third-order valence-corrected chi connectivity index (χ3v) is 5.12. The molecule has 1 unspecified atom stereocenters. The molecule has 1 heterocycles. The molecule has 0 aliphatic carbocycles. The normalized spacial score (nSPS) is 19.4. The number of hydrogen-bond acceptors (Lipinski definition) is 5. The summed E-state index contributed by atoms with van der Waals surface area (Å²) in [7, 11) is -3.37. The first-order chi connectivity index (χ1) is 9.90. The molecule has 0 spiro atoms. The van der Waals surface area contributed by atoms with Crippen molar-refractivity contribution in [3.05, 3.63) is 0 Å². The van der Waals surface area contributed by atoms with E-state index < -0.39 is 7.60 Å². The summed E-state index contributed by atoms with van der Waals surface area (Å²) in [5, 5.41) is 2.82. The molecular formula is C13H25N2O5P. The average molecular weight is 320 g/mol. The van der Waals surface area contributed by atoms with Crippen LogP contribution in [0.15, 0.2) is 0 Å². The maximum Gasteiger partial charge on any atom is 0.340 e. The Morgan fingerprint density at radius 3 is 2.43 bits per heavy atom. The number of carbonyl (C=O) groups is 2. The number of nitrogens with zero attached hydrogens (tertiary/aromatic N) is 1. The summed E-state index contributed by atoms with van der Waals surface area (Å²) in [5.74, 6) is -0.362. The first-order valence-corrected chi connectivity index (χ1v) is 9.06. The highest BCUT2D eigenvalue weighted by atomic mass is 31.2. The number of piperidine rings is 1. The average Bonchev–Trinajstić information content (AvgIpc) is 2.38. The SMILES string of the molecule is CCOP(=O)(CC(=O)N1CCCC(NC(C)=O)C1)OCC. The Hall–Kier alpha value is -0.910. The number of amides is 2. The predicted octanol–water partition coefficient (Wildman–Crippen LogP) is 1.38. The topological polar surface area (TPSA) is 84.9 Å². The molecule has 1 aliphatic rings. The van der Waals surface area contributed by atoms with E-state index in [0.29, 0.717) is 13.1 Å². The second-order valence-corrected chi connectivity index (χ2v) is 7.04. The molecule has 122 valence electrons. The molecule has 21 heavy (non-hydrogen) atoms. The van der Waals surface area contributed by atoms with Crippen LogP contribution in [0.1, 0.15) is 33.6 Å². The van der Waals surface area contributed by atoms with Crippen molar-refractivity contribution in [2.75, 3.05) is 32.5 Å². The van der Waals surface area contributed by atoms with Gasteiger partial charge in [0.25, 0.3) is 0 Å². The van der Waals surface area contributed by atoms with Crippen LogP contribution in [0.5, 0.6) is 0 Å². The first-order valence-electron chi connectivity index (χ1n) is 7.33. The zero-order chi connectivity index (χ0) is 15.9. The van der Waals surface area contributed by atoms with E-state index in [1.54, 1.807) is 18.7 Å². The molecule has 0 aromatic carbocycles. The van der Waals surface area contributed by atoms with Gasteiger partial charge in [0, 0.05) is 26.1 Å². The Labute approximate surface area is 125 Å². The second kappa shape index (κ2) is 8.51. The van der Waals surface area contributed by atoms with Crippen molar-refractivity contribution < 1.29 is 23.2 Å². The second-order valence-electron chi connectivity index (χ2n) is 4.98. The van der Waals surface area contributed by atoms with Gasteiger partial charge in [-0.15, -0.1) is 0 Å². The van der Waals surface area contributed by atoms with E-state index in [0.717, 1.165) is 12.8 Å². The molecule has 0 saturated carbocycles. The minimum absolute atomic E-state index is 0.0428. The molecule has 1 saturated heterocycles. The van der Waals surface area contributed by atoms with Crippen LogP contribution in [0.25, 0.3) is 0 Å². The smallest absolute Gasteiger partial charge is 0.340 e. The highest BCUT2D eigenvalue weighted by Gasteiger charge is 2.32. The largest absolute Gasteiger partial charge is 0.352 e. The van der Waals surface area contributed by atoms with Crippen LogP contribution in [-0.2, 0) is 23.2 Å². The molecule has 1 atom stereocenters. The molecule has 2 amide bonds. The minimum Gasteiger partial charge on any atom is -0.352 e. The van der Waals surface area contributed by atoms with Gasteiger partial charge in [0.2, 0.25) is 11.8 Å². The summed E-state index contributed by atoms with van der Waals surface area (Å²) in [6.07, 6.45) is 1.41. The van der Waals surface area contributed by atoms with Gasteiger partial charge in [0.05, 0.1) is 13.2 Å². The van der Waals surface area contributed by atoms with Gasteiger partial charge in [-0.1, -0.05) is 0 Å². The van der Waals surface area contributed by atoms with E-state index in [4.69, 9.17) is 9.05 Å². The lowest BCUT2D eigenvalue weighted by Crippen LogP contribution is -2.49. The van der Waals surface area contributed by atoms with Gasteiger partial charge in [-0.2, -0.15) is 0 Å². The molecule has 1 N–H and O–H groups in total. The van der Waals surface area contributed by atoms with Crippen LogP contribution in [0, 0.1) is 0 Å². The summed E-state index contributed by atoms with van der Waals surface area (Å²) in [6, 6.07) is -0.0428. The fourth-order valence-corrected chi connectivity index (χ4v) is 3.97. The van der Waals surface area contributed by atoms with Crippen molar-refractivity contribution in [3.63, 3.8) is 0 Å². The van der Waals surface area contributed by atoms with Crippen molar-refractivity contribution >= 4 is 19.4 Å². The monoisotopic (exact) mass is 320 g/mol. The molecule has 0 aromatic rings. The Morgan fingerprint density at radius 1 is 1.29 bits per heavy atom. The minimum atomic E-state index is -3.37. The van der Waals surface area contributed by atoms with Gasteiger partial charge in [0.1, 0.15) is 6.16 Å². The lowest BCUT2D eigenvalue weighted by molar-refractivity contribution is -0.131. The van der Waals surface area contributed by atoms with Gasteiger partial charge in [-0.25, -0.2) is 0 Å². The van der Waals surface area contributed by atoms with Crippen molar-refractivity contribution in [1.82, 2.24) is 10.2 Å². The van der Waals surface area contributed by atoms with Crippen molar-refractivity contribution in [2.45, 2.75) is 39.7 Å². The van der Waals surface area contributed by atoms with Crippen molar-refractivity contribution in [2.24, 2.45) is 0 Å². The van der Waals surface area contributed by atoms with Crippen LogP contribution >= 0.6 is 7.60 Å². The van der Waals surface area contributed by atoms with Gasteiger partial charge < -0.3 is 19.3 Å². The number of likely N-dealkylation sites (tertiary alicyclic amines) is 1. The molecule has 7 nitrogen and oxygen atoms in total. The van der Waals surface area contributed by atoms with Gasteiger partial charge in [0.15, 0.2) is 0 Å². The molecule has 0 aromatic heterocycles. The van der Waals surface area contributed by atoms with E-state index >= 15 is 0 Å². The van der Waals surface area contributed by atoms with Crippen LogP contribution < -0.4 is 5.32 Å². The summed E-state index contributed by atoms with van der Waals surface area (Å²) < 4.78 is 22.6. The van der Waals surface area contributed by atoms with Gasteiger partial charge in [-0.3, -0.25) is 14.2 Å². The lowest BCUT2D eigenvalue weighted by Gasteiger charge is -2.33. The molecule has 8 heteroatoms. The molecule has 1 rings (SSSR count). The highest BCUT2D eigenvalue weighted by molar-refractivity contribution is 7.54. The summed E-state index contributed by atoms with van der Waals surface area (Å²) in [6.45, 7) is 6.40. The Bertz CT molecular complexity index is 405. The number of nitrogens with one attached hydrogen (secondary N) is 1. The van der Waals surface area contributed by atoms with Gasteiger partial charge in [-0.05, 0) is 26.7 Å². The Morgan fingerprint density at radius 2 is 1.90 bits per heavy atom. The molecule has 0 bridgehead atoms. The van der Waals surface area contributed by atoms with Gasteiger partial charge >= 0.3 is 7.60 Å². The molecular weight excluding hydrogens is 295 g/mol. The van der Waals surface area contributed by atoms with Crippen LogP contribution in [0.4, 0.5) is 0 Å². The van der Waals surface area contributed by atoms with Crippen LogP contribution in [0.2, 0.25) is 0 Å². The first kappa shape index (κ1) is 18.1. The van der Waals surface area contributed by atoms with E-state index in [9.17, 15) is 14.2 Å². The predicted molar refractivity (Wildman–Crippen MR) is 79.1 cm³/mol. The third kappa shape index (κ3) is 6.16. The fraction of sp³-hybridized carbons (Fsp3) is 0.846. The molecule has 1 aliphatic heterocycles. The summed E-state index contributed by atoms with van der Waals surface area (Å²) >= 11 is 0. The maximum atomic E-state index is 12.4. The highest BCUT2D eigenvalue weighted by Crippen LogP contribution is 2.48. The van der Waals surface area contributed by atoms with E-state index in [1.165, 1.54) is 6.92 Å². The summed E-state index contributed by atoms with van der Waals surface area (Å²) in [5.41, 5.74) is 0. The van der Waals surface area contributed by atoms with Crippen LogP contribution in [0.3, 0.4) is 0 Å². The maximum absolute atomic E-state index is 12.4. The zero-order valence-corrected chi connectivity index (χ0v) is 13.9. The summed E-state index contributed by atoms with van der Waals surface area (Å²) in [4.78, 5) is 25.0. The lowest BCUT2D eigenvalue weighted by atomic mass is 10.1. The number of hydrogen-bond donors (Lipinski definition) is 1. The third-order valence-electron chi connectivity index (χ3n) is 3.16. The Kier molecular flexibility index (Phi) is 7.35. The number of carbonyl (C=O) groups excluding carboxylic acids is 2. The van der Waals surface area contributed by atoms with E-state index in [-0.39, 0.29) is 37.2 Å². The molecule has 0 radical (unpaired) electrons. The van der Waals surface area contributed by atoms with Crippen molar-refractivity contribution in [1.29, 1.82) is 0 Å². The Balaban J connectivity index is 2.60. The van der Waals surface area contributed by atoms with Crippen molar-refractivity contribution in [3.8, 4) is 0 Å². The standard InChI is InChI=1S/C13H25N2O5P/c1-4-19-21(18,20-5-2)10-13(17)15-8-6-7-12(9-15)14-11(3)16/h12H,4-10H2,1-3H3,(H,14,16). The van der Waals surface area contributed by atoms with Crippen LogP contribution in [-0.4, -0.2) is 55.2 Å². The quantitative estimate of drug-likeness (QED) is 0.716. The zero-order valence-electron chi connectivity index (χ0n) is 13.0. The molecule has 1 fully saturated rings. The number of rotatable bonds is 7. The van der Waals surface area contributed by atoms with E-state index in [2.05, 4.69) is 5.32 Å². The fourth-order valence-electron chi connectivity index (χ4n) is 2.40.